The molecule has 0 bridgehead atoms. The predicted molar refractivity (Wildman–Crippen MR) is 164 cm³/mol. The Hall–Kier alpha value is -5.64. The number of amides is 6. The average Bonchev–Trinajstić information content (AvgIpc) is 3.57. The van der Waals surface area contributed by atoms with E-state index < -0.39 is 104 Å². The highest BCUT2D eigenvalue weighted by molar-refractivity contribution is 5.97. The number of aliphatic hydroxyl groups excluding tert-OH is 3. The first-order valence-electron chi connectivity index (χ1n) is 14.5. The summed E-state index contributed by atoms with van der Waals surface area (Å²) >= 11 is 0. The molecule has 0 saturated carbocycles. The Bertz CT molecular complexity index is 1460. The molecule has 0 aliphatic rings. The smallest absolute Gasteiger partial charge is 0.328 e. The van der Waals surface area contributed by atoms with Gasteiger partial charge in [-0.3, -0.25) is 28.8 Å². The van der Waals surface area contributed by atoms with E-state index in [-0.39, 0.29) is 18.6 Å². The molecular weight excluding hydrogens is 654 g/mol. The fraction of sp³-hybridized carbons (Fsp3) is 0.429. The van der Waals surface area contributed by atoms with Gasteiger partial charge < -0.3 is 68.6 Å². The number of hydrogen-bond donors (Lipinski definition) is 13. The summed E-state index contributed by atoms with van der Waals surface area (Å²) in [5.41, 5.74) is 12.1. The number of aromatic hydroxyl groups is 1. The van der Waals surface area contributed by atoms with Crippen LogP contribution in [0, 0.1) is 0 Å². The number of H-pyrrole nitrogens is 1. The van der Waals surface area contributed by atoms with E-state index in [4.69, 9.17) is 21.7 Å². The van der Waals surface area contributed by atoms with Crippen LogP contribution in [-0.4, -0.2) is 133 Å². The van der Waals surface area contributed by atoms with Crippen molar-refractivity contribution in [3.05, 3.63) is 48.0 Å². The molecule has 1 aromatic carbocycles. The molecule has 268 valence electrons. The molecule has 21 nitrogen and oxygen atoms in total. The van der Waals surface area contributed by atoms with Crippen LogP contribution in [0.15, 0.2) is 36.8 Å². The standard InChI is InChI=1S/C28H39N9O12/c29-16(6-14-8-31-12-32-14)23(43)33-18(7-22(30)42)25(45)34-17(5-13-1-3-15(41)4-2-13)24(44)35-19(9-38)26(46)36-20(10-39)27(47)37-21(11-40)28(48)49/h1-4,8,12,16-21,38-41H,5-7,9-11,29H2,(H2,30,42)(H,31,32)(H,33,43)(H,34,45)(H,35,44)(H,36,46)(H,37,47)(H,48,49)/t16-,17-,18-,19-,20-,21-/m0/s1. The van der Waals surface area contributed by atoms with Crippen molar-refractivity contribution in [3.8, 4) is 5.75 Å². The monoisotopic (exact) mass is 693 g/mol. The van der Waals surface area contributed by atoms with Crippen molar-refractivity contribution in [1.29, 1.82) is 0 Å². The van der Waals surface area contributed by atoms with Gasteiger partial charge in [0.25, 0.3) is 0 Å². The van der Waals surface area contributed by atoms with Gasteiger partial charge >= 0.3 is 5.97 Å². The van der Waals surface area contributed by atoms with E-state index in [2.05, 4.69) is 25.9 Å². The predicted octanol–water partition coefficient (Wildman–Crippen LogP) is -6.41. The zero-order chi connectivity index (χ0) is 36.7. The molecule has 0 fully saturated rings. The molecule has 1 aromatic heterocycles. The minimum absolute atomic E-state index is 0.00634. The third-order valence-corrected chi connectivity index (χ3v) is 6.81. The number of nitrogens with one attached hydrogen (secondary N) is 6. The summed E-state index contributed by atoms with van der Waals surface area (Å²) in [5, 5.41) is 58.0. The number of carboxylic acid groups (broad SMARTS) is 1. The number of aromatic nitrogens is 2. The number of carbonyl (C=O) groups is 7. The minimum Gasteiger partial charge on any atom is -0.508 e. The highest BCUT2D eigenvalue weighted by Crippen LogP contribution is 2.12. The maximum absolute atomic E-state index is 13.4. The first-order valence-corrected chi connectivity index (χ1v) is 14.5. The normalized spacial score (nSPS) is 14.5. The quantitative estimate of drug-likeness (QED) is 0.0613. The number of nitrogens with zero attached hydrogens (tertiary/aromatic N) is 1. The van der Waals surface area contributed by atoms with Crippen molar-refractivity contribution in [2.24, 2.45) is 11.5 Å². The zero-order valence-electron chi connectivity index (χ0n) is 25.9. The fourth-order valence-corrected chi connectivity index (χ4v) is 4.16. The van der Waals surface area contributed by atoms with E-state index in [0.29, 0.717) is 11.3 Å². The third kappa shape index (κ3) is 12.8. The Balaban J connectivity index is 2.24. The minimum atomic E-state index is -1.79. The molecule has 6 amide bonds. The molecule has 49 heavy (non-hydrogen) atoms. The number of carbonyl (C=O) groups excluding carboxylic acids is 6. The van der Waals surface area contributed by atoms with E-state index in [1.807, 2.05) is 10.6 Å². The van der Waals surface area contributed by atoms with Gasteiger partial charge in [-0.05, 0) is 17.7 Å². The topological polar surface area (TPSA) is 362 Å². The summed E-state index contributed by atoms with van der Waals surface area (Å²) in [4.78, 5) is 94.2. The first kappa shape index (κ1) is 39.5. The van der Waals surface area contributed by atoms with Crippen LogP contribution in [0.25, 0.3) is 0 Å². The lowest BCUT2D eigenvalue weighted by molar-refractivity contribution is -0.143. The summed E-state index contributed by atoms with van der Waals surface area (Å²) in [5.74, 6) is -8.09. The average molecular weight is 694 g/mol. The van der Waals surface area contributed by atoms with E-state index in [0.717, 1.165) is 0 Å². The maximum Gasteiger partial charge on any atom is 0.328 e. The number of aliphatic hydroxyl groups is 3. The number of imidazole rings is 1. The van der Waals surface area contributed by atoms with Crippen molar-refractivity contribution in [1.82, 2.24) is 36.6 Å². The number of benzene rings is 1. The molecule has 2 rings (SSSR count). The van der Waals surface area contributed by atoms with Crippen LogP contribution in [0.2, 0.25) is 0 Å². The maximum atomic E-state index is 13.4. The molecule has 0 saturated heterocycles. The first-order chi connectivity index (χ1) is 23.2. The van der Waals surface area contributed by atoms with Crippen molar-refractivity contribution < 1.29 is 59.1 Å². The molecule has 2 aromatic rings. The van der Waals surface area contributed by atoms with E-state index >= 15 is 0 Å². The van der Waals surface area contributed by atoms with Crippen LogP contribution >= 0.6 is 0 Å². The lowest BCUT2D eigenvalue weighted by Crippen LogP contribution is -2.61. The molecule has 0 spiro atoms. The van der Waals surface area contributed by atoms with Crippen molar-refractivity contribution in [2.75, 3.05) is 19.8 Å². The Kier molecular flexibility index (Phi) is 15.5. The number of carboxylic acids is 1. The van der Waals surface area contributed by atoms with Crippen molar-refractivity contribution in [2.45, 2.75) is 55.5 Å². The summed E-state index contributed by atoms with van der Waals surface area (Å²) in [6.07, 6.45) is 1.80. The van der Waals surface area contributed by atoms with Crippen LogP contribution < -0.4 is 38.1 Å². The van der Waals surface area contributed by atoms with Gasteiger partial charge in [-0.25, -0.2) is 9.78 Å². The summed E-state index contributed by atoms with van der Waals surface area (Å²) in [7, 11) is 0. The number of nitrogens with two attached hydrogens (primary N) is 2. The Morgan fingerprint density at radius 3 is 1.63 bits per heavy atom. The fourth-order valence-electron chi connectivity index (χ4n) is 4.16. The van der Waals surface area contributed by atoms with Crippen molar-refractivity contribution >= 4 is 41.4 Å². The second-order valence-corrected chi connectivity index (χ2v) is 10.6. The van der Waals surface area contributed by atoms with E-state index in [1.165, 1.54) is 36.8 Å². The number of aromatic amines is 1. The van der Waals surface area contributed by atoms with Gasteiger partial charge in [0.2, 0.25) is 35.4 Å². The molecule has 0 radical (unpaired) electrons. The Labute approximate surface area is 277 Å². The van der Waals surface area contributed by atoms with Crippen LogP contribution in [0.5, 0.6) is 5.75 Å². The number of phenolic OH excluding ortho intramolecular Hbond substituents is 1. The van der Waals surface area contributed by atoms with Crippen LogP contribution in [0.4, 0.5) is 0 Å². The van der Waals surface area contributed by atoms with Gasteiger partial charge in [0.1, 0.15) is 36.0 Å². The van der Waals surface area contributed by atoms with Crippen LogP contribution in [-0.2, 0) is 46.4 Å². The number of phenols is 1. The second kappa shape index (κ2) is 19.2. The van der Waals surface area contributed by atoms with E-state index in [9.17, 15) is 48.9 Å². The molecule has 21 heteroatoms. The highest BCUT2D eigenvalue weighted by atomic mass is 16.4. The summed E-state index contributed by atoms with van der Waals surface area (Å²) < 4.78 is 0. The Morgan fingerprint density at radius 2 is 1.16 bits per heavy atom. The number of primary amides is 1. The van der Waals surface area contributed by atoms with Crippen LogP contribution in [0.3, 0.4) is 0 Å². The highest BCUT2D eigenvalue weighted by Gasteiger charge is 2.33. The lowest BCUT2D eigenvalue weighted by atomic mass is 10.0. The van der Waals surface area contributed by atoms with Crippen LogP contribution in [0.1, 0.15) is 17.7 Å². The van der Waals surface area contributed by atoms with Gasteiger partial charge in [0.05, 0.1) is 38.6 Å². The van der Waals surface area contributed by atoms with Gasteiger partial charge in [-0.1, -0.05) is 12.1 Å². The molecule has 0 aliphatic carbocycles. The lowest BCUT2D eigenvalue weighted by Gasteiger charge is -2.26. The summed E-state index contributed by atoms with van der Waals surface area (Å²) in [6.45, 7) is -3.10. The third-order valence-electron chi connectivity index (χ3n) is 6.81. The van der Waals surface area contributed by atoms with Gasteiger partial charge in [0, 0.05) is 24.7 Å². The number of hydrogen-bond acceptors (Lipinski definition) is 13. The molecule has 6 atom stereocenters. The molecule has 0 aliphatic heterocycles. The molecule has 0 unspecified atom stereocenters. The number of rotatable bonds is 20. The van der Waals surface area contributed by atoms with Gasteiger partial charge in [-0.15, -0.1) is 0 Å². The number of aliphatic carboxylic acids is 1. The Morgan fingerprint density at radius 1 is 0.694 bits per heavy atom. The van der Waals surface area contributed by atoms with Crippen molar-refractivity contribution in [3.63, 3.8) is 0 Å². The second-order valence-electron chi connectivity index (χ2n) is 10.6. The van der Waals surface area contributed by atoms with E-state index in [1.54, 1.807) is 0 Å². The van der Waals surface area contributed by atoms with Gasteiger partial charge in [0.15, 0.2) is 0 Å². The summed E-state index contributed by atoms with van der Waals surface area (Å²) in [6, 6.07) is -4.26. The molecule has 1 heterocycles. The van der Waals surface area contributed by atoms with Gasteiger partial charge in [-0.2, -0.15) is 0 Å². The largest absolute Gasteiger partial charge is 0.508 e. The molecular formula is C28H39N9O12. The zero-order valence-corrected chi connectivity index (χ0v) is 25.9. The molecule has 15 N–H and O–H groups in total. The SMILES string of the molecule is NC(=O)C[C@H](NC(=O)[C@@H](N)Cc1cnc[nH]1)C(=O)N[C@@H](Cc1ccc(O)cc1)C(=O)N[C@@H](CO)C(=O)N[C@@H](CO)C(=O)N[C@@H](CO)C(=O)O.